The van der Waals surface area contributed by atoms with Crippen LogP contribution < -0.4 is 5.46 Å². The lowest BCUT2D eigenvalue weighted by atomic mass is 9.82. The van der Waals surface area contributed by atoms with Gasteiger partial charge < -0.3 is 14.4 Å². The van der Waals surface area contributed by atoms with E-state index in [9.17, 15) is 5.11 Å². The van der Waals surface area contributed by atoms with Crippen LogP contribution in [0, 0.1) is 0 Å². The van der Waals surface area contributed by atoms with E-state index in [0.29, 0.717) is 6.54 Å². The normalized spacial score (nSPS) is 23.3. The molecule has 2 heterocycles. The highest BCUT2D eigenvalue weighted by molar-refractivity contribution is 6.61. The van der Waals surface area contributed by atoms with Crippen LogP contribution in [0.3, 0.4) is 0 Å². The highest BCUT2D eigenvalue weighted by atomic mass is 16.7. The molecule has 1 saturated heterocycles. The van der Waals surface area contributed by atoms with Gasteiger partial charge in [-0.2, -0.15) is 5.10 Å². The zero-order chi connectivity index (χ0) is 13.6. The smallest absolute Gasteiger partial charge is 0.399 e. The van der Waals surface area contributed by atoms with Crippen molar-refractivity contribution in [3.8, 4) is 0 Å². The number of aliphatic hydroxyl groups excluding tert-OH is 1. The summed E-state index contributed by atoms with van der Waals surface area (Å²) in [6.07, 6.45) is 3.16. The molecule has 0 aromatic carbocycles. The molecule has 0 aliphatic carbocycles. The fourth-order valence-corrected chi connectivity index (χ4v) is 1.85. The average Bonchev–Trinajstić information content (AvgIpc) is 2.70. The Morgan fingerprint density at radius 3 is 2.39 bits per heavy atom. The largest absolute Gasteiger partial charge is 0.498 e. The van der Waals surface area contributed by atoms with E-state index in [1.807, 2.05) is 33.9 Å². The van der Waals surface area contributed by atoms with Crippen LogP contribution in [0.25, 0.3) is 0 Å². The predicted molar refractivity (Wildman–Crippen MR) is 69.6 cm³/mol. The van der Waals surface area contributed by atoms with Crippen LogP contribution in [-0.4, -0.2) is 39.3 Å². The molecule has 5 nitrogen and oxygen atoms in total. The molecule has 0 amide bonds. The number of hydrogen-bond donors (Lipinski definition) is 1. The minimum Gasteiger partial charge on any atom is -0.399 e. The Kier molecular flexibility index (Phi) is 3.29. The molecule has 2 rings (SSSR count). The molecule has 0 bridgehead atoms. The van der Waals surface area contributed by atoms with Crippen molar-refractivity contribution in [1.29, 1.82) is 0 Å². The Morgan fingerprint density at radius 1 is 1.33 bits per heavy atom. The molecule has 1 aromatic rings. The van der Waals surface area contributed by atoms with Gasteiger partial charge >= 0.3 is 7.12 Å². The molecule has 0 radical (unpaired) electrons. The first kappa shape index (κ1) is 13.6. The third kappa shape index (κ3) is 2.46. The lowest BCUT2D eigenvalue weighted by molar-refractivity contribution is 0.00578. The standard InChI is InChI=1S/C12H21BN2O3/c1-9(16)7-15-8-10(6-14-15)13-17-11(2,3)12(4,5)18-13/h6,8-9,16H,7H2,1-5H3. The van der Waals surface area contributed by atoms with Gasteiger partial charge in [0, 0.05) is 17.9 Å². The Labute approximate surface area is 108 Å². The first-order valence-corrected chi connectivity index (χ1v) is 6.27. The topological polar surface area (TPSA) is 56.5 Å². The lowest BCUT2D eigenvalue weighted by Gasteiger charge is -2.32. The summed E-state index contributed by atoms with van der Waals surface area (Å²) in [7, 11) is -0.391. The molecule has 1 aromatic heterocycles. The second-order valence-corrected chi connectivity index (χ2v) is 5.93. The van der Waals surface area contributed by atoms with E-state index in [4.69, 9.17) is 9.31 Å². The molecule has 0 saturated carbocycles. The van der Waals surface area contributed by atoms with Crippen molar-refractivity contribution in [2.45, 2.75) is 58.5 Å². The van der Waals surface area contributed by atoms with Crippen LogP contribution in [0.2, 0.25) is 0 Å². The van der Waals surface area contributed by atoms with Crippen LogP contribution in [0.5, 0.6) is 0 Å². The van der Waals surface area contributed by atoms with Crippen molar-refractivity contribution in [3.63, 3.8) is 0 Å². The second kappa shape index (κ2) is 4.37. The third-order valence-corrected chi connectivity index (χ3v) is 3.63. The Morgan fingerprint density at radius 2 is 1.89 bits per heavy atom. The predicted octanol–water partition coefficient (Wildman–Crippen LogP) is 0.563. The zero-order valence-electron chi connectivity index (χ0n) is 11.7. The van der Waals surface area contributed by atoms with Gasteiger partial charge in [0.05, 0.1) is 23.9 Å². The van der Waals surface area contributed by atoms with Gasteiger partial charge in [0.25, 0.3) is 0 Å². The van der Waals surface area contributed by atoms with E-state index >= 15 is 0 Å². The zero-order valence-corrected chi connectivity index (χ0v) is 11.7. The molecule has 18 heavy (non-hydrogen) atoms. The average molecular weight is 252 g/mol. The summed E-state index contributed by atoms with van der Waals surface area (Å²) >= 11 is 0. The van der Waals surface area contributed by atoms with Gasteiger partial charge in [-0.25, -0.2) is 0 Å². The van der Waals surface area contributed by atoms with E-state index in [1.54, 1.807) is 17.8 Å². The van der Waals surface area contributed by atoms with Gasteiger partial charge in [-0.3, -0.25) is 4.68 Å². The van der Waals surface area contributed by atoms with Gasteiger partial charge in [-0.1, -0.05) is 0 Å². The minimum absolute atomic E-state index is 0.343. The quantitative estimate of drug-likeness (QED) is 0.799. The second-order valence-electron chi connectivity index (χ2n) is 5.93. The molecule has 1 atom stereocenters. The summed E-state index contributed by atoms with van der Waals surface area (Å²) in [5, 5.41) is 13.5. The maximum atomic E-state index is 9.32. The lowest BCUT2D eigenvalue weighted by Crippen LogP contribution is -2.41. The number of rotatable bonds is 3. The van der Waals surface area contributed by atoms with Crippen molar-refractivity contribution in [2.75, 3.05) is 0 Å². The summed E-state index contributed by atoms with van der Waals surface area (Å²) in [6, 6.07) is 0. The first-order chi connectivity index (χ1) is 8.21. The van der Waals surface area contributed by atoms with Gasteiger partial charge in [0.2, 0.25) is 0 Å². The van der Waals surface area contributed by atoms with Crippen LogP contribution >= 0.6 is 0 Å². The van der Waals surface area contributed by atoms with Crippen LogP contribution in [0.15, 0.2) is 12.4 Å². The number of aliphatic hydroxyl groups is 1. The van der Waals surface area contributed by atoms with Crippen LogP contribution in [0.1, 0.15) is 34.6 Å². The Bertz CT molecular complexity index is 413. The summed E-state index contributed by atoms with van der Waals surface area (Å²) in [6.45, 7) is 10.3. The fraction of sp³-hybridized carbons (Fsp3) is 0.750. The fourth-order valence-electron chi connectivity index (χ4n) is 1.85. The van der Waals surface area contributed by atoms with E-state index in [-0.39, 0.29) is 11.2 Å². The van der Waals surface area contributed by atoms with E-state index in [2.05, 4.69) is 5.10 Å². The molecule has 100 valence electrons. The third-order valence-electron chi connectivity index (χ3n) is 3.63. The highest BCUT2D eigenvalue weighted by Crippen LogP contribution is 2.36. The number of aromatic nitrogens is 2. The van der Waals surface area contributed by atoms with E-state index in [0.717, 1.165) is 5.46 Å². The molecule has 1 aliphatic heterocycles. The molecule has 1 N–H and O–H groups in total. The molecule has 0 spiro atoms. The van der Waals surface area contributed by atoms with Crippen molar-refractivity contribution < 1.29 is 14.4 Å². The molecular weight excluding hydrogens is 231 g/mol. The van der Waals surface area contributed by atoms with Crippen molar-refractivity contribution >= 4 is 12.6 Å². The van der Waals surface area contributed by atoms with E-state index < -0.39 is 13.2 Å². The Hall–Kier alpha value is -0.845. The minimum atomic E-state index is -0.420. The molecule has 1 fully saturated rings. The highest BCUT2D eigenvalue weighted by Gasteiger charge is 2.52. The van der Waals surface area contributed by atoms with Crippen LogP contribution in [-0.2, 0) is 15.9 Å². The summed E-state index contributed by atoms with van der Waals surface area (Å²) in [5.74, 6) is 0. The Balaban J connectivity index is 2.12. The van der Waals surface area contributed by atoms with E-state index in [1.165, 1.54) is 0 Å². The van der Waals surface area contributed by atoms with Gasteiger partial charge in [0.15, 0.2) is 0 Å². The SMILES string of the molecule is CC(O)Cn1cc(B2OC(C)(C)C(C)(C)O2)cn1. The first-order valence-electron chi connectivity index (χ1n) is 6.27. The number of nitrogens with zero attached hydrogens (tertiary/aromatic N) is 2. The molecule has 6 heteroatoms. The molecular formula is C12H21BN2O3. The van der Waals surface area contributed by atoms with Crippen molar-refractivity contribution in [1.82, 2.24) is 9.78 Å². The summed E-state index contributed by atoms with van der Waals surface area (Å²) in [5.41, 5.74) is 0.197. The van der Waals surface area contributed by atoms with Gasteiger partial charge in [-0.15, -0.1) is 0 Å². The maximum Gasteiger partial charge on any atom is 0.498 e. The van der Waals surface area contributed by atoms with Gasteiger partial charge in [0.1, 0.15) is 0 Å². The van der Waals surface area contributed by atoms with Crippen molar-refractivity contribution in [2.24, 2.45) is 0 Å². The van der Waals surface area contributed by atoms with Crippen LogP contribution in [0.4, 0.5) is 0 Å². The number of hydrogen-bond acceptors (Lipinski definition) is 4. The monoisotopic (exact) mass is 252 g/mol. The molecule has 1 aliphatic rings. The summed E-state index contributed by atoms with van der Waals surface area (Å²) < 4.78 is 13.6. The van der Waals surface area contributed by atoms with Gasteiger partial charge in [-0.05, 0) is 34.6 Å². The maximum absolute atomic E-state index is 9.32. The summed E-state index contributed by atoms with van der Waals surface area (Å²) in [4.78, 5) is 0. The molecule has 1 unspecified atom stereocenters. The van der Waals surface area contributed by atoms with Crippen molar-refractivity contribution in [3.05, 3.63) is 12.4 Å².